The number of rotatable bonds is 4. The molecule has 140 valence electrons. The summed E-state index contributed by atoms with van der Waals surface area (Å²) in [6.45, 7) is 12.8. The first-order valence-electron chi connectivity index (χ1n) is 9.05. The number of nitrogens with one attached hydrogen (secondary N) is 1. The van der Waals surface area contributed by atoms with Crippen LogP contribution in [0.3, 0.4) is 0 Å². The number of likely N-dealkylation sites (tertiary alicyclic amines) is 1. The van der Waals surface area contributed by atoms with E-state index >= 15 is 0 Å². The number of ether oxygens (including phenoxy) is 1. The molecule has 1 amide bonds. The Kier molecular flexibility index (Phi) is 6.76. The molecule has 1 aliphatic heterocycles. The van der Waals surface area contributed by atoms with Gasteiger partial charge in [0.25, 0.3) is 0 Å². The molecule has 1 aliphatic rings. The number of nitrogens with zero attached hydrogens (tertiary/aromatic N) is 1. The van der Waals surface area contributed by atoms with Gasteiger partial charge >= 0.3 is 6.09 Å². The fourth-order valence-corrected chi connectivity index (χ4v) is 3.36. The lowest BCUT2D eigenvalue weighted by molar-refractivity contribution is 0.0117. The lowest BCUT2D eigenvalue weighted by Gasteiger charge is -2.40. The molecule has 0 spiro atoms. The van der Waals surface area contributed by atoms with Crippen molar-refractivity contribution < 1.29 is 9.53 Å². The van der Waals surface area contributed by atoms with E-state index in [1.54, 1.807) is 0 Å². The van der Waals surface area contributed by atoms with E-state index in [0.717, 1.165) is 32.5 Å². The van der Waals surface area contributed by atoms with Gasteiger partial charge in [-0.25, -0.2) is 4.79 Å². The zero-order valence-corrected chi connectivity index (χ0v) is 18.2. The second-order valence-corrected chi connectivity index (χ2v) is 9.68. The third-order valence-corrected chi connectivity index (χ3v) is 5.55. The van der Waals surface area contributed by atoms with Crippen LogP contribution in [0, 0.1) is 8.99 Å². The summed E-state index contributed by atoms with van der Waals surface area (Å²) < 4.78 is 6.74. The number of carbonyl (C=O) groups excluding carboxylic acids is 1. The van der Waals surface area contributed by atoms with Crippen molar-refractivity contribution in [1.29, 1.82) is 0 Å². The summed E-state index contributed by atoms with van der Waals surface area (Å²) in [6.07, 6.45) is 1.81. The van der Waals surface area contributed by atoms with Gasteiger partial charge in [0.15, 0.2) is 0 Å². The first kappa shape index (κ1) is 20.5. The van der Waals surface area contributed by atoms with E-state index in [4.69, 9.17) is 4.74 Å². The van der Waals surface area contributed by atoms with Crippen molar-refractivity contribution >= 4 is 28.7 Å². The minimum Gasteiger partial charge on any atom is -0.444 e. The number of hydrogen-bond donors (Lipinski definition) is 1. The largest absolute Gasteiger partial charge is 0.444 e. The number of amides is 1. The van der Waals surface area contributed by atoms with Crippen LogP contribution in [0.1, 0.15) is 59.1 Å². The van der Waals surface area contributed by atoms with Crippen LogP contribution in [0.15, 0.2) is 24.3 Å². The quantitative estimate of drug-likeness (QED) is 0.648. The molecule has 4 nitrogen and oxygen atoms in total. The normalized spacial score (nSPS) is 18.7. The summed E-state index contributed by atoms with van der Waals surface area (Å²) >= 11 is 2.33. The average Bonchev–Trinajstić information content (AvgIpc) is 2.52. The van der Waals surface area contributed by atoms with E-state index in [0.29, 0.717) is 6.04 Å². The second-order valence-electron chi connectivity index (χ2n) is 8.43. The molecule has 0 saturated carbocycles. The van der Waals surface area contributed by atoms with Crippen LogP contribution in [0.5, 0.6) is 0 Å². The number of piperidine rings is 1. The molecule has 1 fully saturated rings. The van der Waals surface area contributed by atoms with Gasteiger partial charge in [0.1, 0.15) is 5.60 Å². The predicted molar refractivity (Wildman–Crippen MR) is 111 cm³/mol. The Morgan fingerprint density at radius 2 is 1.84 bits per heavy atom. The van der Waals surface area contributed by atoms with Gasteiger partial charge in [0, 0.05) is 29.2 Å². The van der Waals surface area contributed by atoms with Gasteiger partial charge in [-0.1, -0.05) is 19.1 Å². The molecule has 25 heavy (non-hydrogen) atoms. The maximum atomic E-state index is 12.2. The van der Waals surface area contributed by atoms with Crippen LogP contribution in [0.4, 0.5) is 4.79 Å². The van der Waals surface area contributed by atoms with E-state index < -0.39 is 5.60 Å². The Balaban J connectivity index is 1.82. The van der Waals surface area contributed by atoms with Crippen molar-refractivity contribution in [3.05, 3.63) is 33.4 Å². The molecule has 5 heteroatoms. The first-order chi connectivity index (χ1) is 11.6. The Labute approximate surface area is 165 Å². The Morgan fingerprint density at radius 3 is 2.36 bits per heavy atom. The monoisotopic (exact) mass is 458 g/mol. The molecule has 1 saturated heterocycles. The van der Waals surface area contributed by atoms with Crippen molar-refractivity contribution in [1.82, 2.24) is 10.2 Å². The van der Waals surface area contributed by atoms with E-state index in [2.05, 4.69) is 66.0 Å². The minimum atomic E-state index is -0.428. The van der Waals surface area contributed by atoms with E-state index in [-0.39, 0.29) is 11.5 Å². The van der Waals surface area contributed by atoms with Crippen molar-refractivity contribution in [2.75, 3.05) is 19.6 Å². The molecule has 1 unspecified atom stereocenters. The van der Waals surface area contributed by atoms with Gasteiger partial charge in [-0.05, 0) is 86.2 Å². The molecule has 1 aromatic carbocycles. The van der Waals surface area contributed by atoms with E-state index in [9.17, 15) is 4.79 Å². The summed E-state index contributed by atoms with van der Waals surface area (Å²) in [5.41, 5.74) is 1.10. The number of halogens is 1. The van der Waals surface area contributed by atoms with Gasteiger partial charge in [-0.15, -0.1) is 0 Å². The molecule has 0 radical (unpaired) electrons. The summed E-state index contributed by atoms with van der Waals surface area (Å²) in [5.74, 6) is 0. The molecule has 1 aromatic rings. The first-order valence-corrected chi connectivity index (χ1v) is 10.1. The van der Waals surface area contributed by atoms with Gasteiger partial charge < -0.3 is 15.0 Å². The van der Waals surface area contributed by atoms with Crippen molar-refractivity contribution in [3.63, 3.8) is 0 Å². The smallest absolute Gasteiger partial charge is 0.410 e. The van der Waals surface area contributed by atoms with Gasteiger partial charge in [-0.2, -0.15) is 0 Å². The van der Waals surface area contributed by atoms with Crippen molar-refractivity contribution in [2.24, 2.45) is 5.41 Å². The topological polar surface area (TPSA) is 41.6 Å². The van der Waals surface area contributed by atoms with Gasteiger partial charge in [0.05, 0.1) is 0 Å². The summed E-state index contributed by atoms with van der Waals surface area (Å²) in [5, 5.41) is 3.67. The average molecular weight is 458 g/mol. The van der Waals surface area contributed by atoms with Crippen LogP contribution in [0.25, 0.3) is 0 Å². The fourth-order valence-electron chi connectivity index (χ4n) is 3.00. The fraction of sp³-hybridized carbons (Fsp3) is 0.650. The molecule has 2 rings (SSSR count). The highest BCUT2D eigenvalue weighted by Gasteiger charge is 2.33. The summed E-state index contributed by atoms with van der Waals surface area (Å²) in [7, 11) is 0. The highest BCUT2D eigenvalue weighted by Crippen LogP contribution is 2.31. The minimum absolute atomic E-state index is 0.185. The third-order valence-electron chi connectivity index (χ3n) is 4.83. The zero-order chi connectivity index (χ0) is 18.7. The Bertz CT molecular complexity index is 572. The molecule has 1 N–H and O–H groups in total. The Morgan fingerprint density at radius 1 is 1.28 bits per heavy atom. The van der Waals surface area contributed by atoms with Crippen LogP contribution in [0.2, 0.25) is 0 Å². The maximum absolute atomic E-state index is 12.2. The number of hydrogen-bond acceptors (Lipinski definition) is 3. The number of carbonyl (C=O) groups is 1. The molecular weight excluding hydrogens is 427 g/mol. The molecule has 1 heterocycles. The molecular formula is C20H31IN2O2. The van der Waals surface area contributed by atoms with E-state index in [1.165, 1.54) is 9.13 Å². The summed E-state index contributed by atoms with van der Waals surface area (Å²) in [6, 6.07) is 9.00. The zero-order valence-electron chi connectivity index (χ0n) is 16.1. The molecule has 0 aliphatic carbocycles. The molecule has 0 bridgehead atoms. The second kappa shape index (κ2) is 8.25. The Hall–Kier alpha value is -0.820. The van der Waals surface area contributed by atoms with Crippen LogP contribution < -0.4 is 5.32 Å². The van der Waals surface area contributed by atoms with Crippen LogP contribution in [-0.2, 0) is 4.74 Å². The molecule has 1 atom stereocenters. The third kappa shape index (κ3) is 6.44. The van der Waals surface area contributed by atoms with Gasteiger partial charge in [-0.3, -0.25) is 0 Å². The van der Waals surface area contributed by atoms with Gasteiger partial charge in [0.2, 0.25) is 0 Å². The SMILES string of the molecule is CC(NCC1(C)CCN(C(=O)OC(C)(C)C)CC1)c1ccc(I)cc1. The van der Waals surface area contributed by atoms with E-state index in [1.807, 2.05) is 25.7 Å². The van der Waals surface area contributed by atoms with Crippen LogP contribution in [-0.4, -0.2) is 36.2 Å². The molecule has 0 aromatic heterocycles. The lowest BCUT2D eigenvalue weighted by atomic mass is 9.80. The lowest BCUT2D eigenvalue weighted by Crippen LogP contribution is -2.47. The van der Waals surface area contributed by atoms with Crippen LogP contribution >= 0.6 is 22.6 Å². The van der Waals surface area contributed by atoms with Crippen molar-refractivity contribution in [3.8, 4) is 0 Å². The number of benzene rings is 1. The standard InChI is InChI=1S/C20H31IN2O2/c1-15(16-6-8-17(21)9-7-16)22-14-20(5)10-12-23(13-11-20)18(24)25-19(2,3)4/h6-9,15,22H,10-14H2,1-5H3. The highest BCUT2D eigenvalue weighted by atomic mass is 127. The maximum Gasteiger partial charge on any atom is 0.410 e. The highest BCUT2D eigenvalue weighted by molar-refractivity contribution is 14.1. The van der Waals surface area contributed by atoms with Crippen molar-refractivity contribution in [2.45, 2.75) is 59.1 Å². The summed E-state index contributed by atoms with van der Waals surface area (Å²) in [4.78, 5) is 14.0. The predicted octanol–water partition coefficient (Wildman–Crippen LogP) is 4.98.